The maximum absolute atomic E-state index is 2.46. The molecule has 60 valence electrons. The smallest absolute Gasteiger partial charge is 0.0286 e. The summed E-state index contributed by atoms with van der Waals surface area (Å²) in [5.74, 6) is 2.01. The molecule has 0 aliphatic heterocycles. The largest absolute Gasteiger partial charge is 0.0917 e. The van der Waals surface area contributed by atoms with E-state index in [2.05, 4.69) is 25.2 Å². The van der Waals surface area contributed by atoms with Gasteiger partial charge in [-0.15, -0.1) is 0 Å². The van der Waals surface area contributed by atoms with Gasteiger partial charge in [0.15, 0.2) is 0 Å². The van der Waals surface area contributed by atoms with Gasteiger partial charge in [-0.05, 0) is 44.4 Å². The number of fused-ring (bicyclic) bond motifs is 2. The van der Waals surface area contributed by atoms with E-state index in [0.717, 1.165) is 11.8 Å². The Labute approximate surface area is 69.0 Å². The highest BCUT2D eigenvalue weighted by Crippen LogP contribution is 2.45. The van der Waals surface area contributed by atoms with E-state index in [4.69, 9.17) is 0 Å². The topological polar surface area (TPSA) is 0 Å². The van der Waals surface area contributed by atoms with Crippen LogP contribution in [0.1, 0.15) is 32.6 Å². The zero-order valence-corrected chi connectivity index (χ0v) is 7.22. The third-order valence-corrected chi connectivity index (χ3v) is 3.10. The molecule has 1 saturated carbocycles. The molecule has 0 heterocycles. The molecule has 0 aromatic carbocycles. The van der Waals surface area contributed by atoms with Gasteiger partial charge in [-0.25, -0.2) is 0 Å². The lowest BCUT2D eigenvalue weighted by molar-refractivity contribution is 0.394. The molecule has 0 radical (unpaired) electrons. The van der Waals surface area contributed by atoms with E-state index in [1.807, 2.05) is 0 Å². The number of allylic oxidation sites excluding steroid dienone is 4. The van der Waals surface area contributed by atoms with E-state index in [1.165, 1.54) is 25.7 Å². The Kier molecular flexibility index (Phi) is 1.85. The summed E-state index contributed by atoms with van der Waals surface area (Å²) in [4.78, 5) is 0. The molecule has 0 spiro atoms. The van der Waals surface area contributed by atoms with Crippen LogP contribution >= 0.6 is 0 Å². The van der Waals surface area contributed by atoms with Crippen LogP contribution in [0.5, 0.6) is 0 Å². The van der Waals surface area contributed by atoms with Gasteiger partial charge in [0, 0.05) is 0 Å². The van der Waals surface area contributed by atoms with Crippen LogP contribution in [0, 0.1) is 11.8 Å². The Morgan fingerprint density at radius 2 is 2.45 bits per heavy atom. The van der Waals surface area contributed by atoms with Gasteiger partial charge in [0.2, 0.25) is 0 Å². The van der Waals surface area contributed by atoms with Crippen LogP contribution in [0.2, 0.25) is 0 Å². The quantitative estimate of drug-likeness (QED) is 0.527. The van der Waals surface area contributed by atoms with E-state index < -0.39 is 0 Å². The van der Waals surface area contributed by atoms with Gasteiger partial charge < -0.3 is 0 Å². The van der Waals surface area contributed by atoms with Crippen molar-refractivity contribution in [3.63, 3.8) is 0 Å². The molecule has 0 N–H and O–H groups in total. The first-order valence-electron chi connectivity index (χ1n) is 4.69. The predicted octanol–water partition coefficient (Wildman–Crippen LogP) is 3.31. The molecular weight excluding hydrogens is 132 g/mol. The maximum Gasteiger partial charge on any atom is -0.0286 e. The minimum Gasteiger partial charge on any atom is -0.0917 e. The summed E-state index contributed by atoms with van der Waals surface area (Å²) in [7, 11) is 0. The Bertz CT molecular complexity index is 198. The molecule has 0 aromatic heterocycles. The van der Waals surface area contributed by atoms with Crippen LogP contribution in [0.15, 0.2) is 23.8 Å². The molecule has 0 amide bonds. The molecule has 0 nitrogen and oxygen atoms in total. The van der Waals surface area contributed by atoms with Crippen molar-refractivity contribution in [1.29, 1.82) is 0 Å². The lowest BCUT2D eigenvalue weighted by Gasteiger charge is -2.16. The standard InChI is InChI=1S/C11H16/c1-2-3-4-10-7-9-5-6-11(10)8-9/h2-3,5,10-11H,4,6-8H2,1H3. The number of hydrogen-bond acceptors (Lipinski definition) is 0. The first kappa shape index (κ1) is 7.15. The number of hydrogen-bond donors (Lipinski definition) is 0. The van der Waals surface area contributed by atoms with Crippen LogP contribution in [0.3, 0.4) is 0 Å². The van der Waals surface area contributed by atoms with Gasteiger partial charge in [0.05, 0.1) is 0 Å². The zero-order chi connectivity index (χ0) is 7.68. The molecule has 11 heavy (non-hydrogen) atoms. The van der Waals surface area contributed by atoms with Crippen LogP contribution in [0.4, 0.5) is 0 Å². The van der Waals surface area contributed by atoms with Crippen LogP contribution in [-0.2, 0) is 0 Å². The first-order valence-corrected chi connectivity index (χ1v) is 4.69. The van der Waals surface area contributed by atoms with Gasteiger partial charge in [-0.3, -0.25) is 0 Å². The Morgan fingerprint density at radius 1 is 1.55 bits per heavy atom. The van der Waals surface area contributed by atoms with Gasteiger partial charge in [-0.2, -0.15) is 0 Å². The molecule has 2 rings (SSSR count). The second kappa shape index (κ2) is 2.84. The monoisotopic (exact) mass is 148 g/mol. The Balaban J connectivity index is 1.93. The minimum atomic E-state index is 0.992. The lowest BCUT2D eigenvalue weighted by Crippen LogP contribution is -2.06. The van der Waals surface area contributed by atoms with Crippen LogP contribution < -0.4 is 0 Å². The summed E-state index contributed by atoms with van der Waals surface area (Å²) in [5, 5.41) is 0. The maximum atomic E-state index is 2.46. The van der Waals surface area contributed by atoms with Crippen LogP contribution in [-0.4, -0.2) is 0 Å². The van der Waals surface area contributed by atoms with Crippen molar-refractivity contribution in [1.82, 2.24) is 0 Å². The molecule has 1 fully saturated rings. The summed E-state index contributed by atoms with van der Waals surface area (Å²) in [5.41, 5.74) is 1.74. The molecule has 0 aromatic rings. The first-order chi connectivity index (χ1) is 5.40. The molecular formula is C11H16. The summed E-state index contributed by atoms with van der Waals surface area (Å²) in [6, 6.07) is 0. The predicted molar refractivity (Wildman–Crippen MR) is 48.3 cm³/mol. The summed E-state index contributed by atoms with van der Waals surface area (Å²) < 4.78 is 0. The third kappa shape index (κ3) is 1.26. The fourth-order valence-electron chi connectivity index (χ4n) is 2.44. The molecule has 2 unspecified atom stereocenters. The highest BCUT2D eigenvalue weighted by atomic mass is 14.4. The van der Waals surface area contributed by atoms with Crippen molar-refractivity contribution in [3.05, 3.63) is 23.8 Å². The van der Waals surface area contributed by atoms with E-state index >= 15 is 0 Å². The van der Waals surface area contributed by atoms with Crippen molar-refractivity contribution in [2.75, 3.05) is 0 Å². The summed E-state index contributed by atoms with van der Waals surface area (Å²) >= 11 is 0. The molecule has 2 bridgehead atoms. The van der Waals surface area contributed by atoms with Crippen molar-refractivity contribution < 1.29 is 0 Å². The van der Waals surface area contributed by atoms with Crippen molar-refractivity contribution >= 4 is 0 Å². The zero-order valence-electron chi connectivity index (χ0n) is 7.22. The highest BCUT2D eigenvalue weighted by molar-refractivity contribution is 5.18. The van der Waals surface area contributed by atoms with E-state index in [1.54, 1.807) is 5.57 Å². The van der Waals surface area contributed by atoms with Gasteiger partial charge in [0.25, 0.3) is 0 Å². The van der Waals surface area contributed by atoms with Gasteiger partial charge in [-0.1, -0.05) is 23.8 Å². The Hall–Kier alpha value is -0.520. The van der Waals surface area contributed by atoms with Crippen molar-refractivity contribution in [2.24, 2.45) is 11.8 Å². The van der Waals surface area contributed by atoms with E-state index in [0.29, 0.717) is 0 Å². The lowest BCUT2D eigenvalue weighted by atomic mass is 9.89. The second-order valence-electron chi connectivity index (χ2n) is 3.83. The molecule has 2 aliphatic rings. The van der Waals surface area contributed by atoms with Gasteiger partial charge >= 0.3 is 0 Å². The average Bonchev–Trinajstić information content (AvgIpc) is 2.60. The van der Waals surface area contributed by atoms with E-state index in [9.17, 15) is 0 Å². The molecule has 0 heteroatoms. The highest BCUT2D eigenvalue weighted by Gasteiger charge is 2.32. The third-order valence-electron chi connectivity index (χ3n) is 3.10. The SMILES string of the molecule is CC=CCC1CC2=CCC1C2. The average molecular weight is 148 g/mol. The van der Waals surface area contributed by atoms with Crippen molar-refractivity contribution in [2.45, 2.75) is 32.6 Å². The Morgan fingerprint density at radius 3 is 3.00 bits per heavy atom. The normalized spacial score (nSPS) is 35.2. The van der Waals surface area contributed by atoms with Gasteiger partial charge in [0.1, 0.15) is 0 Å². The molecule has 2 atom stereocenters. The van der Waals surface area contributed by atoms with E-state index in [-0.39, 0.29) is 0 Å². The fourth-order valence-corrected chi connectivity index (χ4v) is 2.44. The fraction of sp³-hybridized carbons (Fsp3) is 0.636. The summed E-state index contributed by atoms with van der Waals surface area (Å²) in [6.45, 7) is 2.12. The second-order valence-corrected chi connectivity index (χ2v) is 3.83. The number of rotatable bonds is 2. The molecule has 2 aliphatic carbocycles. The minimum absolute atomic E-state index is 0.992. The summed E-state index contributed by atoms with van der Waals surface area (Å²) in [6.07, 6.45) is 12.5. The molecule has 0 saturated heterocycles. The van der Waals surface area contributed by atoms with Crippen LogP contribution in [0.25, 0.3) is 0 Å². The van der Waals surface area contributed by atoms with Crippen molar-refractivity contribution in [3.8, 4) is 0 Å².